The Morgan fingerprint density at radius 1 is 1.30 bits per heavy atom. The van der Waals surface area contributed by atoms with Crippen LogP contribution in [0.25, 0.3) is 0 Å². The van der Waals surface area contributed by atoms with Crippen LogP contribution < -0.4 is 5.32 Å². The standard InChI is InChI=1S/C17H21FN4O/c1-12(10-22(2)3)20-17-19-9-8-16(21-17)14(11-23)13-6-4-5-7-15(13)18/h4-9,11-12,14H,10H2,1-3H3,(H,19,20,21). The number of aromatic nitrogens is 2. The molecule has 1 aromatic carbocycles. The van der Waals surface area contributed by atoms with E-state index in [9.17, 15) is 9.18 Å². The van der Waals surface area contributed by atoms with E-state index in [4.69, 9.17) is 0 Å². The maximum absolute atomic E-state index is 13.9. The van der Waals surface area contributed by atoms with Crippen LogP contribution in [0, 0.1) is 5.82 Å². The van der Waals surface area contributed by atoms with E-state index in [2.05, 4.69) is 20.2 Å². The Labute approximate surface area is 135 Å². The second-order valence-corrected chi connectivity index (χ2v) is 5.75. The number of nitrogens with zero attached hydrogens (tertiary/aromatic N) is 3. The van der Waals surface area contributed by atoms with Gasteiger partial charge in [0.25, 0.3) is 0 Å². The number of hydrogen-bond acceptors (Lipinski definition) is 5. The van der Waals surface area contributed by atoms with E-state index >= 15 is 0 Å². The van der Waals surface area contributed by atoms with Gasteiger partial charge in [-0.05, 0) is 33.2 Å². The van der Waals surface area contributed by atoms with Gasteiger partial charge >= 0.3 is 0 Å². The smallest absolute Gasteiger partial charge is 0.223 e. The van der Waals surface area contributed by atoms with Crippen molar-refractivity contribution < 1.29 is 9.18 Å². The number of nitrogens with one attached hydrogen (secondary N) is 1. The summed E-state index contributed by atoms with van der Waals surface area (Å²) >= 11 is 0. The maximum Gasteiger partial charge on any atom is 0.223 e. The summed E-state index contributed by atoms with van der Waals surface area (Å²) in [6.45, 7) is 2.84. The molecule has 0 saturated heterocycles. The van der Waals surface area contributed by atoms with Crippen LogP contribution in [0.3, 0.4) is 0 Å². The molecule has 0 aliphatic heterocycles. The van der Waals surface area contributed by atoms with Crippen molar-refractivity contribution >= 4 is 12.2 Å². The highest BCUT2D eigenvalue weighted by atomic mass is 19.1. The van der Waals surface area contributed by atoms with Crippen molar-refractivity contribution in [3.05, 3.63) is 53.6 Å². The van der Waals surface area contributed by atoms with Crippen molar-refractivity contribution in [3.63, 3.8) is 0 Å². The molecule has 122 valence electrons. The van der Waals surface area contributed by atoms with Gasteiger partial charge < -0.3 is 15.0 Å². The molecule has 0 aliphatic rings. The number of halogens is 1. The summed E-state index contributed by atoms with van der Waals surface area (Å²) in [5, 5.41) is 3.19. The summed E-state index contributed by atoms with van der Waals surface area (Å²) in [4.78, 5) is 22.1. The molecule has 1 heterocycles. The second kappa shape index (κ2) is 7.78. The highest BCUT2D eigenvalue weighted by Gasteiger charge is 2.19. The summed E-state index contributed by atoms with van der Waals surface area (Å²) in [5.74, 6) is -0.734. The zero-order valence-electron chi connectivity index (χ0n) is 13.5. The highest BCUT2D eigenvalue weighted by Crippen LogP contribution is 2.24. The van der Waals surface area contributed by atoms with Crippen molar-refractivity contribution in [3.8, 4) is 0 Å². The largest absolute Gasteiger partial charge is 0.350 e. The van der Waals surface area contributed by atoms with E-state index in [1.165, 1.54) is 6.07 Å². The molecule has 2 atom stereocenters. The molecule has 2 unspecified atom stereocenters. The molecule has 0 saturated carbocycles. The molecule has 0 bridgehead atoms. The summed E-state index contributed by atoms with van der Waals surface area (Å²) in [5.41, 5.74) is 0.785. The molecule has 2 aromatic rings. The molecule has 0 aliphatic carbocycles. The molecule has 23 heavy (non-hydrogen) atoms. The van der Waals surface area contributed by atoms with Gasteiger partial charge in [-0.25, -0.2) is 14.4 Å². The zero-order chi connectivity index (χ0) is 16.8. The predicted octanol–water partition coefficient (Wildman–Crippen LogP) is 2.31. The van der Waals surface area contributed by atoms with E-state index in [1.54, 1.807) is 30.5 Å². The molecule has 0 spiro atoms. The SMILES string of the molecule is CC(CN(C)C)Nc1nccc(C(C=O)c2ccccc2F)n1. The van der Waals surface area contributed by atoms with Crippen LogP contribution in [0.15, 0.2) is 36.5 Å². The van der Waals surface area contributed by atoms with Gasteiger partial charge in [0.05, 0.1) is 11.6 Å². The average molecular weight is 316 g/mol. The van der Waals surface area contributed by atoms with Crippen LogP contribution in [0.5, 0.6) is 0 Å². The lowest BCUT2D eigenvalue weighted by molar-refractivity contribution is -0.108. The average Bonchev–Trinajstić information content (AvgIpc) is 2.49. The molecule has 0 radical (unpaired) electrons. The first kappa shape index (κ1) is 17.0. The first-order valence-corrected chi connectivity index (χ1v) is 7.45. The lowest BCUT2D eigenvalue weighted by Gasteiger charge is -2.19. The lowest BCUT2D eigenvalue weighted by Crippen LogP contribution is -2.30. The normalized spacial score (nSPS) is 13.6. The topological polar surface area (TPSA) is 58.1 Å². The van der Waals surface area contributed by atoms with E-state index in [1.807, 2.05) is 21.0 Å². The minimum absolute atomic E-state index is 0.142. The molecule has 1 aromatic heterocycles. The molecular formula is C17H21FN4O. The molecule has 1 N–H and O–H groups in total. The van der Waals surface area contributed by atoms with Crippen molar-refractivity contribution in [1.82, 2.24) is 14.9 Å². The van der Waals surface area contributed by atoms with Gasteiger partial charge in [0, 0.05) is 24.3 Å². The monoisotopic (exact) mass is 316 g/mol. The fourth-order valence-corrected chi connectivity index (χ4v) is 2.46. The summed E-state index contributed by atoms with van der Waals surface area (Å²) < 4.78 is 13.9. The third-order valence-corrected chi connectivity index (χ3v) is 3.39. The molecule has 0 fully saturated rings. The fraction of sp³-hybridized carbons (Fsp3) is 0.353. The van der Waals surface area contributed by atoms with Crippen molar-refractivity contribution in [1.29, 1.82) is 0 Å². The minimum Gasteiger partial charge on any atom is -0.350 e. The van der Waals surface area contributed by atoms with Crippen LogP contribution in [-0.2, 0) is 4.79 Å². The van der Waals surface area contributed by atoms with E-state index in [-0.39, 0.29) is 6.04 Å². The Balaban J connectivity index is 2.24. The van der Waals surface area contributed by atoms with Crippen molar-refractivity contribution in [2.75, 3.05) is 26.0 Å². The van der Waals surface area contributed by atoms with Gasteiger partial charge in [-0.15, -0.1) is 0 Å². The predicted molar refractivity (Wildman–Crippen MR) is 88.0 cm³/mol. The number of carbonyl (C=O) groups excluding carboxylic acids is 1. The Morgan fingerprint density at radius 3 is 2.70 bits per heavy atom. The quantitative estimate of drug-likeness (QED) is 0.794. The zero-order valence-corrected chi connectivity index (χ0v) is 13.5. The lowest BCUT2D eigenvalue weighted by atomic mass is 9.96. The van der Waals surface area contributed by atoms with Crippen LogP contribution in [0.1, 0.15) is 24.1 Å². The Hall–Kier alpha value is -2.34. The van der Waals surface area contributed by atoms with Crippen LogP contribution in [0.2, 0.25) is 0 Å². The highest BCUT2D eigenvalue weighted by molar-refractivity contribution is 5.67. The molecule has 0 amide bonds. The summed E-state index contributed by atoms with van der Waals surface area (Å²) in [6, 6.07) is 8.01. The molecule has 6 heteroatoms. The first-order chi connectivity index (χ1) is 11.0. The third-order valence-electron chi connectivity index (χ3n) is 3.39. The van der Waals surface area contributed by atoms with E-state index < -0.39 is 11.7 Å². The van der Waals surface area contributed by atoms with Crippen molar-refractivity contribution in [2.24, 2.45) is 0 Å². The first-order valence-electron chi connectivity index (χ1n) is 7.45. The number of hydrogen-bond donors (Lipinski definition) is 1. The Morgan fingerprint density at radius 2 is 2.04 bits per heavy atom. The molecular weight excluding hydrogens is 295 g/mol. The molecule has 5 nitrogen and oxygen atoms in total. The van der Waals surface area contributed by atoms with Gasteiger partial charge in [-0.3, -0.25) is 0 Å². The van der Waals surface area contributed by atoms with Gasteiger partial charge in [-0.1, -0.05) is 18.2 Å². The van der Waals surface area contributed by atoms with Crippen LogP contribution >= 0.6 is 0 Å². The number of anilines is 1. The minimum atomic E-state index is -0.746. The Kier molecular flexibility index (Phi) is 5.76. The van der Waals surface area contributed by atoms with E-state index in [0.717, 1.165) is 6.54 Å². The van der Waals surface area contributed by atoms with Gasteiger partial charge in [0.1, 0.15) is 12.1 Å². The number of carbonyl (C=O) groups is 1. The fourth-order valence-electron chi connectivity index (χ4n) is 2.46. The van der Waals surface area contributed by atoms with E-state index in [0.29, 0.717) is 23.5 Å². The number of benzene rings is 1. The molecule has 2 rings (SSSR count). The maximum atomic E-state index is 13.9. The number of likely N-dealkylation sites (N-methyl/N-ethyl adjacent to an activating group) is 1. The number of rotatable bonds is 7. The Bertz CT molecular complexity index is 663. The third kappa shape index (κ3) is 4.56. The summed E-state index contributed by atoms with van der Waals surface area (Å²) in [6.07, 6.45) is 2.28. The van der Waals surface area contributed by atoms with Gasteiger partial charge in [-0.2, -0.15) is 0 Å². The van der Waals surface area contributed by atoms with Gasteiger partial charge in [0.15, 0.2) is 0 Å². The second-order valence-electron chi connectivity index (χ2n) is 5.75. The van der Waals surface area contributed by atoms with Gasteiger partial charge in [0.2, 0.25) is 5.95 Å². The summed E-state index contributed by atoms with van der Waals surface area (Å²) in [7, 11) is 3.96. The van der Waals surface area contributed by atoms with Crippen molar-refractivity contribution in [2.45, 2.75) is 18.9 Å². The van der Waals surface area contributed by atoms with Crippen LogP contribution in [-0.4, -0.2) is 47.8 Å². The van der Waals surface area contributed by atoms with Crippen LogP contribution in [0.4, 0.5) is 10.3 Å². The number of aldehydes is 1.